The van der Waals surface area contributed by atoms with Crippen LogP contribution >= 0.6 is 8.69 Å². The number of aromatic amines is 1. The number of nitrogens with zero attached hydrogens (tertiary/aromatic N) is 3. The van der Waals surface area contributed by atoms with Crippen molar-refractivity contribution in [3.05, 3.63) is 22.3 Å². The predicted octanol–water partition coefficient (Wildman–Crippen LogP) is 0.148. The summed E-state index contributed by atoms with van der Waals surface area (Å²) in [5, 5.41) is 9.44. The lowest BCUT2D eigenvalue weighted by atomic mass is 10.1. The van der Waals surface area contributed by atoms with E-state index < -0.39 is 19.7 Å². The van der Waals surface area contributed by atoms with Crippen LogP contribution in [0, 0.1) is 5.41 Å². The highest BCUT2D eigenvalue weighted by molar-refractivity contribution is 7.17. The van der Waals surface area contributed by atoms with Crippen molar-refractivity contribution >= 4 is 32.0 Å². The maximum Gasteiger partial charge on any atom is 0.327 e. The zero-order valence-corrected chi connectivity index (χ0v) is 11.7. The van der Waals surface area contributed by atoms with Crippen molar-refractivity contribution < 1.29 is 14.2 Å². The lowest BCUT2D eigenvalue weighted by Gasteiger charge is -2.07. The molecule has 21 heavy (non-hydrogen) atoms. The minimum Gasteiger partial charge on any atom is -0.395 e. The number of hydrogen-bond donors (Lipinski definition) is 3. The van der Waals surface area contributed by atoms with Gasteiger partial charge in [0.15, 0.2) is 11.2 Å². The van der Waals surface area contributed by atoms with Gasteiger partial charge in [-0.1, -0.05) is 0 Å². The molecule has 1 atom stereocenters. The third kappa shape index (κ3) is 2.35. The highest BCUT2D eigenvalue weighted by Gasteiger charge is 2.49. The number of nitrogens with two attached hydrogens (primary N) is 1. The molecule has 2 aromatic rings. The number of aliphatic hydroxyl groups excluding tert-OH is 1. The third-order valence-electron chi connectivity index (χ3n) is 3.53. The van der Waals surface area contributed by atoms with Gasteiger partial charge in [-0.15, -0.1) is 0 Å². The number of nitrogen functional groups attached to an aromatic ring is 1. The highest BCUT2D eigenvalue weighted by Crippen LogP contribution is 2.52. The first-order chi connectivity index (χ1) is 10.1. The standard InChI is InChI=1S/C11H12N5O4P/c12-10-14-8-7(9(18)15-10)13-5-16(8)2-6-1-11(6,3-17)4-20-21-19/h2,5,17H,1,3-4H2,(H3,12,14,15,18)/b6-2-/t11-/m0/s1. The lowest BCUT2D eigenvalue weighted by Crippen LogP contribution is -2.13. The van der Waals surface area contributed by atoms with Gasteiger partial charge in [0.25, 0.3) is 5.56 Å². The van der Waals surface area contributed by atoms with Gasteiger partial charge in [-0.05, 0) is 12.0 Å². The predicted molar refractivity (Wildman–Crippen MR) is 74.5 cm³/mol. The van der Waals surface area contributed by atoms with Crippen LogP contribution in [0.4, 0.5) is 5.95 Å². The number of aliphatic hydroxyl groups is 1. The van der Waals surface area contributed by atoms with Crippen LogP contribution in [-0.4, -0.2) is 37.8 Å². The molecular weight excluding hydrogens is 297 g/mol. The Labute approximate surface area is 119 Å². The molecule has 110 valence electrons. The third-order valence-corrected chi connectivity index (χ3v) is 3.76. The molecule has 0 aliphatic heterocycles. The second-order valence-corrected chi connectivity index (χ2v) is 5.30. The van der Waals surface area contributed by atoms with E-state index in [2.05, 4.69) is 15.0 Å². The van der Waals surface area contributed by atoms with Gasteiger partial charge in [0, 0.05) is 11.6 Å². The second kappa shape index (κ2) is 5.03. The van der Waals surface area contributed by atoms with Crippen LogP contribution in [-0.2, 0) is 9.09 Å². The Morgan fingerprint density at radius 1 is 1.67 bits per heavy atom. The molecule has 4 N–H and O–H groups in total. The number of imidazole rings is 1. The summed E-state index contributed by atoms with van der Waals surface area (Å²) in [5.74, 6) is 0.00496. The largest absolute Gasteiger partial charge is 0.395 e. The Bertz CT molecular complexity index is 797. The van der Waals surface area contributed by atoms with E-state index in [0.717, 1.165) is 5.57 Å². The summed E-state index contributed by atoms with van der Waals surface area (Å²) in [7, 11) is -0.422. The summed E-state index contributed by atoms with van der Waals surface area (Å²) < 4.78 is 16.8. The van der Waals surface area contributed by atoms with Crippen LogP contribution in [0.1, 0.15) is 6.42 Å². The molecule has 2 aromatic heterocycles. The molecule has 2 heterocycles. The minimum absolute atomic E-state index is 0.00496. The maximum absolute atomic E-state index is 11.7. The van der Waals surface area contributed by atoms with Gasteiger partial charge >= 0.3 is 8.69 Å². The summed E-state index contributed by atoms with van der Waals surface area (Å²) in [6.45, 7) is 0.0420. The number of anilines is 1. The molecule has 9 nitrogen and oxygen atoms in total. The fraction of sp³-hybridized carbons (Fsp3) is 0.364. The van der Waals surface area contributed by atoms with Gasteiger partial charge in [-0.2, -0.15) is 4.98 Å². The molecule has 0 radical (unpaired) electrons. The number of nitrogens with one attached hydrogen (secondary N) is 1. The van der Waals surface area contributed by atoms with E-state index in [4.69, 9.17) is 10.3 Å². The van der Waals surface area contributed by atoms with Crippen LogP contribution in [0.5, 0.6) is 0 Å². The van der Waals surface area contributed by atoms with E-state index in [1.807, 2.05) is 0 Å². The molecule has 0 unspecified atom stereocenters. The smallest absolute Gasteiger partial charge is 0.327 e. The monoisotopic (exact) mass is 309 g/mol. The van der Waals surface area contributed by atoms with Crippen molar-refractivity contribution in [1.29, 1.82) is 0 Å². The summed E-state index contributed by atoms with van der Waals surface area (Å²) in [6, 6.07) is 0. The highest BCUT2D eigenvalue weighted by atomic mass is 31.1. The van der Waals surface area contributed by atoms with Gasteiger partial charge in [-0.25, -0.2) is 9.55 Å². The van der Waals surface area contributed by atoms with E-state index >= 15 is 0 Å². The zero-order valence-electron chi connectivity index (χ0n) is 10.8. The molecule has 0 spiro atoms. The summed E-state index contributed by atoms with van der Waals surface area (Å²) >= 11 is 0. The van der Waals surface area contributed by atoms with Crippen LogP contribution in [0.15, 0.2) is 16.7 Å². The summed E-state index contributed by atoms with van der Waals surface area (Å²) in [5.41, 5.74) is 6.00. The minimum atomic E-state index is -0.527. The molecule has 1 aliphatic rings. The van der Waals surface area contributed by atoms with E-state index in [9.17, 15) is 14.5 Å². The first kappa shape index (κ1) is 13.9. The van der Waals surface area contributed by atoms with Crippen molar-refractivity contribution in [2.24, 2.45) is 5.41 Å². The molecule has 0 bridgehead atoms. The Kier molecular flexibility index (Phi) is 3.32. The Balaban J connectivity index is 1.98. The number of rotatable bonds is 5. The molecule has 0 saturated heterocycles. The second-order valence-electron chi connectivity index (χ2n) is 4.89. The summed E-state index contributed by atoms with van der Waals surface area (Å²) in [4.78, 5) is 22.1. The molecule has 1 saturated carbocycles. The Morgan fingerprint density at radius 2 is 2.48 bits per heavy atom. The van der Waals surface area contributed by atoms with Crippen molar-refractivity contribution in [3.63, 3.8) is 0 Å². The lowest BCUT2D eigenvalue weighted by molar-refractivity contribution is 0.164. The fourth-order valence-corrected chi connectivity index (χ4v) is 2.50. The number of H-pyrrole nitrogens is 1. The SMILES string of the molecule is Nc1nc2c(ncn2/C=C2/C[C@]2(CO)COP=O)c(=O)[nH]1. The Hall–Kier alpha value is -2.09. The number of hydrogen-bond acceptors (Lipinski definition) is 7. The quantitative estimate of drug-likeness (QED) is 0.668. The average Bonchev–Trinajstić information content (AvgIpc) is 3.00. The molecule has 1 fully saturated rings. The molecule has 10 heteroatoms. The van der Waals surface area contributed by atoms with E-state index in [-0.39, 0.29) is 24.7 Å². The van der Waals surface area contributed by atoms with Gasteiger partial charge in [0.1, 0.15) is 6.33 Å². The molecule has 1 aliphatic carbocycles. The topological polar surface area (TPSA) is 136 Å². The molecule has 3 rings (SSSR count). The number of fused-ring (bicyclic) bond motifs is 1. The van der Waals surface area contributed by atoms with E-state index in [0.29, 0.717) is 12.1 Å². The maximum atomic E-state index is 11.7. The van der Waals surface area contributed by atoms with Gasteiger partial charge < -0.3 is 10.8 Å². The van der Waals surface area contributed by atoms with Crippen molar-refractivity contribution in [2.45, 2.75) is 6.42 Å². The molecule has 0 aromatic carbocycles. The molecule has 0 amide bonds. The van der Waals surface area contributed by atoms with Crippen molar-refractivity contribution in [2.75, 3.05) is 18.9 Å². The van der Waals surface area contributed by atoms with Gasteiger partial charge in [0.2, 0.25) is 5.95 Å². The van der Waals surface area contributed by atoms with Crippen molar-refractivity contribution in [1.82, 2.24) is 19.5 Å². The number of aromatic nitrogens is 4. The first-order valence-corrected chi connectivity index (χ1v) is 6.82. The summed E-state index contributed by atoms with van der Waals surface area (Å²) in [6.07, 6.45) is 3.78. The van der Waals surface area contributed by atoms with E-state index in [1.54, 1.807) is 10.8 Å². The van der Waals surface area contributed by atoms with Crippen LogP contribution in [0.2, 0.25) is 0 Å². The zero-order chi connectivity index (χ0) is 15.0. The molecular formula is C11H12N5O4P. The normalized spacial score (nSPS) is 23.2. The van der Waals surface area contributed by atoms with Gasteiger partial charge in [-0.3, -0.25) is 18.9 Å². The Morgan fingerprint density at radius 3 is 3.19 bits per heavy atom. The first-order valence-electron chi connectivity index (χ1n) is 6.08. The van der Waals surface area contributed by atoms with E-state index in [1.165, 1.54) is 6.33 Å². The fourth-order valence-electron chi connectivity index (χ4n) is 2.21. The average molecular weight is 309 g/mol. The van der Waals surface area contributed by atoms with Crippen LogP contribution in [0.3, 0.4) is 0 Å². The van der Waals surface area contributed by atoms with Crippen LogP contribution < -0.4 is 11.3 Å². The van der Waals surface area contributed by atoms with Gasteiger partial charge in [0.05, 0.1) is 13.2 Å². The van der Waals surface area contributed by atoms with Crippen molar-refractivity contribution in [3.8, 4) is 0 Å². The van der Waals surface area contributed by atoms with Crippen LogP contribution in [0.25, 0.3) is 17.4 Å².